The molecule has 1 N–H and O–H groups in total. The van der Waals surface area contributed by atoms with Crippen LogP contribution in [0.2, 0.25) is 0 Å². The Bertz CT molecular complexity index is 2430. The van der Waals surface area contributed by atoms with Gasteiger partial charge in [-0.2, -0.15) is 0 Å². The third kappa shape index (κ3) is 5.18. The van der Waals surface area contributed by atoms with Crippen LogP contribution in [-0.2, 0) is 5.41 Å². The van der Waals surface area contributed by atoms with Gasteiger partial charge in [-0.25, -0.2) is 4.99 Å². The van der Waals surface area contributed by atoms with E-state index in [-0.39, 0.29) is 11.9 Å². The molecule has 256 valence electrons. The molecule has 0 saturated heterocycles. The first-order valence-corrected chi connectivity index (χ1v) is 18.6. The summed E-state index contributed by atoms with van der Waals surface area (Å²) in [5.74, 6) is 1.03. The molecule has 9 rings (SSSR count). The number of aliphatic imine (C=N–C) groups is 1. The highest BCUT2D eigenvalue weighted by atomic mass is 15.2. The normalized spacial score (nSPS) is 13.9. The molecule has 0 amide bonds. The maximum absolute atomic E-state index is 9.62. The van der Waals surface area contributed by atoms with Gasteiger partial charge in [0.2, 0.25) is 0 Å². The highest BCUT2D eigenvalue weighted by Crippen LogP contribution is 2.62. The van der Waals surface area contributed by atoms with E-state index in [0.29, 0.717) is 0 Å². The van der Waals surface area contributed by atoms with Gasteiger partial charge in [-0.15, -0.1) is 0 Å². The zero-order valence-electron chi connectivity index (χ0n) is 30.3. The Morgan fingerprint density at radius 3 is 1.47 bits per heavy atom. The summed E-state index contributed by atoms with van der Waals surface area (Å²) < 4.78 is 0. The van der Waals surface area contributed by atoms with E-state index in [4.69, 9.17) is 4.99 Å². The second-order valence-corrected chi connectivity index (χ2v) is 14.3. The van der Waals surface area contributed by atoms with Gasteiger partial charge in [0.15, 0.2) is 5.84 Å². The van der Waals surface area contributed by atoms with Gasteiger partial charge in [0, 0.05) is 24.2 Å². The van der Waals surface area contributed by atoms with Crippen molar-refractivity contribution < 1.29 is 0 Å². The van der Waals surface area contributed by atoms with Crippen molar-refractivity contribution in [1.82, 2.24) is 4.90 Å². The Morgan fingerprint density at radius 1 is 0.528 bits per heavy atom. The van der Waals surface area contributed by atoms with Gasteiger partial charge in [-0.1, -0.05) is 153 Å². The molecule has 3 nitrogen and oxygen atoms in total. The summed E-state index contributed by atoms with van der Waals surface area (Å²) in [5.41, 5.74) is 16.0. The van der Waals surface area contributed by atoms with Crippen LogP contribution < -0.4 is 0 Å². The highest BCUT2D eigenvalue weighted by Gasteiger charge is 2.51. The summed E-state index contributed by atoms with van der Waals surface area (Å²) in [5, 5.41) is 9.62. The van der Waals surface area contributed by atoms with Crippen LogP contribution in [0, 0.1) is 5.41 Å². The SMILES string of the molecule is CCC(C)N(C)/C(=N\C(=N)c1cc(-c2ccccc2)cc(-c2ccccc2)c1)c1ccc2c(c1)C1(c3ccccc3-c3ccccc31)c1ccccc1-2. The maximum atomic E-state index is 9.62. The van der Waals surface area contributed by atoms with Crippen molar-refractivity contribution in [2.24, 2.45) is 4.99 Å². The van der Waals surface area contributed by atoms with Gasteiger partial charge < -0.3 is 4.90 Å². The average Bonchev–Trinajstić information content (AvgIpc) is 3.69. The lowest BCUT2D eigenvalue weighted by molar-refractivity contribution is 0.381. The molecule has 1 spiro atoms. The average molecular weight is 684 g/mol. The van der Waals surface area contributed by atoms with Crippen LogP contribution >= 0.6 is 0 Å². The smallest absolute Gasteiger partial charge is 0.154 e. The van der Waals surface area contributed by atoms with Crippen molar-refractivity contribution in [3.8, 4) is 44.5 Å². The van der Waals surface area contributed by atoms with Gasteiger partial charge in [-0.3, -0.25) is 5.41 Å². The molecule has 7 aromatic carbocycles. The van der Waals surface area contributed by atoms with Crippen LogP contribution in [0.4, 0.5) is 0 Å². The van der Waals surface area contributed by atoms with E-state index in [9.17, 15) is 5.41 Å². The first-order valence-electron chi connectivity index (χ1n) is 18.6. The summed E-state index contributed by atoms with van der Waals surface area (Å²) in [6.45, 7) is 4.44. The summed E-state index contributed by atoms with van der Waals surface area (Å²) >= 11 is 0. The molecule has 0 aromatic heterocycles. The molecule has 0 saturated carbocycles. The number of benzene rings is 7. The van der Waals surface area contributed by atoms with Crippen LogP contribution in [0.25, 0.3) is 44.5 Å². The summed E-state index contributed by atoms with van der Waals surface area (Å²) in [7, 11) is 2.12. The van der Waals surface area contributed by atoms with Crippen molar-refractivity contribution in [2.75, 3.05) is 7.05 Å². The first kappa shape index (κ1) is 32.6. The fourth-order valence-electron chi connectivity index (χ4n) is 8.59. The number of amidine groups is 2. The number of nitrogens with one attached hydrogen (secondary N) is 1. The summed E-state index contributed by atoms with van der Waals surface area (Å²) in [6.07, 6.45) is 0.950. The molecule has 53 heavy (non-hydrogen) atoms. The topological polar surface area (TPSA) is 39.5 Å². The number of hydrogen-bond donors (Lipinski definition) is 1. The molecular formula is C50H41N3. The van der Waals surface area contributed by atoms with Crippen molar-refractivity contribution >= 4 is 11.7 Å². The van der Waals surface area contributed by atoms with Gasteiger partial charge >= 0.3 is 0 Å². The van der Waals surface area contributed by atoms with Crippen molar-refractivity contribution in [3.63, 3.8) is 0 Å². The molecule has 1 atom stereocenters. The Balaban J connectivity index is 1.24. The lowest BCUT2D eigenvalue weighted by Crippen LogP contribution is -2.36. The van der Waals surface area contributed by atoms with Gasteiger partial charge in [0.05, 0.1) is 5.41 Å². The first-order chi connectivity index (χ1) is 26.0. The van der Waals surface area contributed by atoms with E-state index in [2.05, 4.69) is 184 Å². The Kier molecular flexibility index (Phi) is 8.00. The van der Waals surface area contributed by atoms with E-state index in [0.717, 1.165) is 45.6 Å². The van der Waals surface area contributed by atoms with Gasteiger partial charge in [-0.05, 0) is 104 Å². The molecule has 0 bridgehead atoms. The molecule has 3 heteroatoms. The predicted octanol–water partition coefficient (Wildman–Crippen LogP) is 11.9. The molecule has 2 aliphatic carbocycles. The Hall–Kier alpha value is -6.32. The number of hydrogen-bond acceptors (Lipinski definition) is 1. The van der Waals surface area contributed by atoms with Crippen LogP contribution in [0.15, 0.2) is 175 Å². The maximum Gasteiger partial charge on any atom is 0.154 e. The van der Waals surface area contributed by atoms with Crippen LogP contribution in [0.3, 0.4) is 0 Å². The van der Waals surface area contributed by atoms with Crippen molar-refractivity contribution in [1.29, 1.82) is 5.41 Å². The second kappa shape index (κ2) is 13.0. The van der Waals surface area contributed by atoms with Crippen LogP contribution in [0.5, 0.6) is 0 Å². The monoisotopic (exact) mass is 683 g/mol. The lowest BCUT2D eigenvalue weighted by Gasteiger charge is -2.32. The minimum absolute atomic E-state index is 0.212. The molecular weight excluding hydrogens is 643 g/mol. The van der Waals surface area contributed by atoms with E-state index >= 15 is 0 Å². The largest absolute Gasteiger partial charge is 0.356 e. The molecule has 2 aliphatic rings. The molecule has 0 aliphatic heterocycles. The summed E-state index contributed by atoms with van der Waals surface area (Å²) in [6, 6.07) is 61.1. The quantitative estimate of drug-likeness (QED) is 0.137. The molecule has 0 fully saturated rings. The molecule has 0 heterocycles. The molecule has 7 aromatic rings. The zero-order chi connectivity index (χ0) is 36.1. The minimum Gasteiger partial charge on any atom is -0.356 e. The standard InChI is InChI=1S/C50H41N3/c1-4-33(2)53(3)49(52-48(51)39-30-37(34-17-7-5-8-18-34)29-38(31-39)35-19-9-6-10-20-35)36-27-28-43-42-23-13-16-26-46(42)50(47(43)32-36)44-24-14-11-21-40(44)41-22-12-15-25-45(41)50/h5-33,51H,4H2,1-3H3/b51-48?,52-49-. The second-order valence-electron chi connectivity index (χ2n) is 14.3. The fourth-order valence-corrected chi connectivity index (χ4v) is 8.59. The fraction of sp³-hybridized carbons (Fsp3) is 0.120. The number of rotatable bonds is 6. The molecule has 0 radical (unpaired) electrons. The van der Waals surface area contributed by atoms with E-state index < -0.39 is 5.41 Å². The van der Waals surface area contributed by atoms with Gasteiger partial charge in [0.1, 0.15) is 5.84 Å². The van der Waals surface area contributed by atoms with Crippen molar-refractivity contribution in [3.05, 3.63) is 203 Å². The predicted molar refractivity (Wildman–Crippen MR) is 221 cm³/mol. The number of fused-ring (bicyclic) bond motifs is 10. The lowest BCUT2D eigenvalue weighted by atomic mass is 9.70. The van der Waals surface area contributed by atoms with Gasteiger partial charge in [0.25, 0.3) is 0 Å². The van der Waals surface area contributed by atoms with Crippen molar-refractivity contribution in [2.45, 2.75) is 31.7 Å². The Labute approximate surface area is 312 Å². The van der Waals surface area contributed by atoms with Crippen LogP contribution in [0.1, 0.15) is 53.6 Å². The third-order valence-electron chi connectivity index (χ3n) is 11.5. The van der Waals surface area contributed by atoms with E-state index in [1.807, 2.05) is 12.1 Å². The minimum atomic E-state index is -0.447. The van der Waals surface area contributed by atoms with E-state index in [1.54, 1.807) is 0 Å². The summed E-state index contributed by atoms with van der Waals surface area (Å²) in [4.78, 5) is 7.51. The Morgan fingerprint density at radius 2 is 0.981 bits per heavy atom. The van der Waals surface area contributed by atoms with E-state index in [1.165, 1.54) is 44.5 Å². The number of nitrogens with zero attached hydrogens (tertiary/aromatic N) is 2. The molecule has 1 unspecified atom stereocenters. The zero-order valence-corrected chi connectivity index (χ0v) is 30.3. The van der Waals surface area contributed by atoms with Crippen LogP contribution in [-0.4, -0.2) is 29.7 Å². The highest BCUT2D eigenvalue weighted by molar-refractivity contribution is 6.12. The third-order valence-corrected chi connectivity index (χ3v) is 11.5.